The third kappa shape index (κ3) is 5.00. The van der Waals surface area contributed by atoms with E-state index in [1.165, 1.54) is 0 Å². The van der Waals surface area contributed by atoms with Crippen molar-refractivity contribution in [2.24, 2.45) is 0 Å². The molecule has 0 aromatic rings. The van der Waals surface area contributed by atoms with Gasteiger partial charge in [-0.1, -0.05) is 0 Å². The van der Waals surface area contributed by atoms with E-state index < -0.39 is 26.7 Å². The highest BCUT2D eigenvalue weighted by molar-refractivity contribution is 7.72. The van der Waals surface area contributed by atoms with Crippen molar-refractivity contribution < 1.29 is 50.7 Å². The minimum absolute atomic E-state index is 0. The molecule has 0 spiro atoms. The third-order valence-corrected chi connectivity index (χ3v) is 8.37. The molecular weight excluding hydrogens is 356 g/mol. The van der Waals surface area contributed by atoms with Gasteiger partial charge in [-0.2, -0.15) is 0 Å². The normalized spacial score (nSPS) is 23.0. The zero-order chi connectivity index (χ0) is 16.5. The Morgan fingerprint density at radius 1 is 1.09 bits per heavy atom. The van der Waals surface area contributed by atoms with Gasteiger partial charge in [0.15, 0.2) is 0 Å². The highest BCUT2D eigenvalue weighted by Crippen LogP contribution is 2.69. The first-order chi connectivity index (χ1) is 9.31. The van der Waals surface area contributed by atoms with Crippen LogP contribution in [0.1, 0.15) is 38.5 Å². The van der Waals surface area contributed by atoms with Crippen molar-refractivity contribution in [3.63, 3.8) is 0 Å². The van der Waals surface area contributed by atoms with E-state index in [9.17, 15) is 14.2 Å². The Labute approximate surface area is 136 Å². The molecule has 0 aliphatic carbocycles. The Hall–Kier alpha value is 0.510. The molecule has 0 bridgehead atoms. The largest absolute Gasteiger partial charge is 1.00 e. The lowest BCUT2D eigenvalue weighted by Gasteiger charge is -2.42. The molecule has 1 fully saturated rings. The lowest BCUT2D eigenvalue weighted by molar-refractivity contribution is -0.920. The maximum Gasteiger partial charge on any atom is 0.369 e. The number of halogens is 1. The second kappa shape index (κ2) is 7.60. The highest BCUT2D eigenvalue weighted by Gasteiger charge is 2.58. The smallest absolute Gasteiger partial charge is 0.369 e. The summed E-state index contributed by atoms with van der Waals surface area (Å²) < 4.78 is 23.3. The number of aliphatic hydroxyl groups is 1. The summed E-state index contributed by atoms with van der Waals surface area (Å²) in [6.07, 6.45) is 3.27. The summed E-state index contributed by atoms with van der Waals surface area (Å²) >= 11 is 0. The first-order valence-electron chi connectivity index (χ1n) is 6.97. The third-order valence-electron chi connectivity index (χ3n) is 4.49. The van der Waals surface area contributed by atoms with Crippen molar-refractivity contribution in [3.8, 4) is 0 Å². The van der Waals surface area contributed by atoms with Crippen molar-refractivity contribution in [1.29, 1.82) is 0 Å². The van der Waals surface area contributed by atoms with E-state index >= 15 is 0 Å². The molecule has 1 unspecified atom stereocenters. The molecule has 0 radical (unpaired) electrons. The topological polar surface area (TPSA) is 135 Å². The molecular formula is C11H26ClNO7P2. The number of nitrogens with zero attached hydrogens (tertiary/aromatic N) is 1. The first-order valence-corrected chi connectivity index (χ1v) is 10.2. The van der Waals surface area contributed by atoms with Crippen LogP contribution < -0.4 is 12.4 Å². The molecule has 0 saturated carbocycles. The van der Waals surface area contributed by atoms with Gasteiger partial charge >= 0.3 is 15.2 Å². The minimum Gasteiger partial charge on any atom is -1.00 e. The van der Waals surface area contributed by atoms with Gasteiger partial charge in [0.05, 0.1) is 26.7 Å². The van der Waals surface area contributed by atoms with Gasteiger partial charge in [-0.15, -0.1) is 0 Å². The minimum atomic E-state index is -5.32. The summed E-state index contributed by atoms with van der Waals surface area (Å²) in [7, 11) is -6.51. The number of likely N-dealkylation sites (tertiary alicyclic amines) is 1. The molecule has 22 heavy (non-hydrogen) atoms. The summed E-state index contributed by atoms with van der Waals surface area (Å²) in [6.45, 7) is 1.01. The molecule has 1 saturated heterocycles. The van der Waals surface area contributed by atoms with Crippen LogP contribution in [0.15, 0.2) is 0 Å². The van der Waals surface area contributed by atoms with E-state index in [2.05, 4.69) is 14.1 Å². The zero-order valence-electron chi connectivity index (χ0n) is 12.8. The first kappa shape index (κ1) is 22.5. The molecule has 134 valence electrons. The Morgan fingerprint density at radius 3 is 2.00 bits per heavy atom. The Balaban J connectivity index is 0.00000441. The van der Waals surface area contributed by atoms with Gasteiger partial charge in [0.2, 0.25) is 0 Å². The molecule has 1 aliphatic heterocycles. The Morgan fingerprint density at radius 2 is 1.59 bits per heavy atom. The van der Waals surface area contributed by atoms with Crippen molar-refractivity contribution in [2.45, 2.75) is 49.6 Å². The molecule has 1 rings (SSSR count). The number of hydrogen-bond donors (Lipinski definition) is 5. The van der Waals surface area contributed by atoms with Crippen LogP contribution in [0.5, 0.6) is 0 Å². The van der Waals surface area contributed by atoms with Crippen LogP contribution in [0.4, 0.5) is 0 Å². The summed E-state index contributed by atoms with van der Waals surface area (Å²) in [5.41, 5.74) is 0. The fraction of sp³-hybridized carbons (Fsp3) is 1.00. The lowest BCUT2D eigenvalue weighted by Crippen LogP contribution is -3.00. The van der Waals surface area contributed by atoms with Crippen molar-refractivity contribution in [2.75, 3.05) is 20.6 Å². The van der Waals surface area contributed by atoms with Gasteiger partial charge in [-0.05, 0) is 32.1 Å². The van der Waals surface area contributed by atoms with Crippen LogP contribution in [-0.4, -0.2) is 60.9 Å². The Kier molecular flexibility index (Phi) is 7.77. The molecule has 0 aromatic heterocycles. The van der Waals surface area contributed by atoms with E-state index in [4.69, 9.17) is 19.6 Å². The van der Waals surface area contributed by atoms with E-state index in [-0.39, 0.29) is 24.9 Å². The van der Waals surface area contributed by atoms with Crippen molar-refractivity contribution in [3.05, 3.63) is 0 Å². The van der Waals surface area contributed by atoms with Crippen LogP contribution >= 0.6 is 15.2 Å². The summed E-state index contributed by atoms with van der Waals surface area (Å²) in [5, 5.41) is 6.54. The fourth-order valence-corrected chi connectivity index (χ4v) is 5.22. The van der Waals surface area contributed by atoms with Gasteiger partial charge in [-0.25, -0.2) is 0 Å². The maximum atomic E-state index is 11.3. The molecule has 0 aromatic carbocycles. The van der Waals surface area contributed by atoms with Gasteiger partial charge in [0.25, 0.3) is 5.08 Å². The van der Waals surface area contributed by atoms with Gasteiger partial charge < -0.3 is 41.6 Å². The predicted octanol–water partition coefficient (Wildman–Crippen LogP) is -2.21. The maximum absolute atomic E-state index is 11.3. The number of hydrogen-bond acceptors (Lipinski definition) is 3. The number of rotatable bonds is 6. The second-order valence-corrected chi connectivity index (χ2v) is 10.4. The SMILES string of the molecule is C[N+]1(C)CCCCC1CCCC(O)(P(=O)(O)O)P(=O)(O)O.[Cl-]. The molecule has 8 nitrogen and oxygen atoms in total. The van der Waals surface area contributed by atoms with Gasteiger partial charge in [0, 0.05) is 6.42 Å². The monoisotopic (exact) mass is 381 g/mol. The highest BCUT2D eigenvalue weighted by atomic mass is 35.5. The van der Waals surface area contributed by atoms with Gasteiger partial charge in [0.1, 0.15) is 0 Å². The average Bonchev–Trinajstić information content (AvgIpc) is 2.27. The second-order valence-electron chi connectivity index (χ2n) is 6.41. The lowest BCUT2D eigenvalue weighted by atomic mass is 9.95. The van der Waals surface area contributed by atoms with Crippen LogP contribution in [0.3, 0.4) is 0 Å². The van der Waals surface area contributed by atoms with E-state index in [1.54, 1.807) is 0 Å². The molecule has 11 heteroatoms. The average molecular weight is 382 g/mol. The van der Waals surface area contributed by atoms with Gasteiger partial charge in [-0.3, -0.25) is 9.13 Å². The molecule has 5 N–H and O–H groups in total. The molecule has 0 amide bonds. The van der Waals surface area contributed by atoms with Crippen LogP contribution in [0, 0.1) is 0 Å². The fourth-order valence-electron chi connectivity index (χ4n) is 2.96. The predicted molar refractivity (Wildman–Crippen MR) is 77.5 cm³/mol. The molecule has 1 atom stereocenters. The number of piperidine rings is 1. The summed E-state index contributed by atoms with van der Waals surface area (Å²) in [4.78, 5) is 36.3. The van der Waals surface area contributed by atoms with Crippen LogP contribution in [0.25, 0.3) is 0 Å². The molecule has 1 heterocycles. The van der Waals surface area contributed by atoms with Crippen molar-refractivity contribution >= 4 is 15.2 Å². The summed E-state index contributed by atoms with van der Waals surface area (Å²) in [6, 6.07) is 0.275. The van der Waals surface area contributed by atoms with Crippen LogP contribution in [-0.2, 0) is 9.13 Å². The molecule has 1 aliphatic rings. The summed E-state index contributed by atoms with van der Waals surface area (Å²) in [5.74, 6) is 0. The van der Waals surface area contributed by atoms with Crippen LogP contribution in [0.2, 0.25) is 0 Å². The van der Waals surface area contributed by atoms with E-state index in [1.807, 2.05) is 0 Å². The van der Waals surface area contributed by atoms with E-state index in [0.29, 0.717) is 6.42 Å². The van der Waals surface area contributed by atoms with Crippen molar-refractivity contribution in [1.82, 2.24) is 0 Å². The number of quaternary nitrogens is 1. The zero-order valence-corrected chi connectivity index (χ0v) is 15.3. The Bertz CT molecular complexity index is 439. The van der Waals surface area contributed by atoms with E-state index in [0.717, 1.165) is 30.3 Å². The standard InChI is InChI=1S/C11H25NO7P2.ClH/c1-12(2)9-4-3-6-10(12)7-5-8-11(13,20(14,15)16)21(17,18)19;/h10,13H,3-9H2,1-2H3,(H3-,14,15,16,17,18,19);1H. The quantitative estimate of drug-likeness (QED) is 0.260.